The van der Waals surface area contributed by atoms with Gasteiger partial charge in [0, 0.05) is 23.7 Å². The zero-order valence-corrected chi connectivity index (χ0v) is 13.4. The summed E-state index contributed by atoms with van der Waals surface area (Å²) in [5.41, 5.74) is 7.59. The number of nitrogens with two attached hydrogens (primary N) is 1. The van der Waals surface area contributed by atoms with Gasteiger partial charge < -0.3 is 5.73 Å². The van der Waals surface area contributed by atoms with E-state index in [1.54, 1.807) is 0 Å². The van der Waals surface area contributed by atoms with Gasteiger partial charge in [0.1, 0.15) is 0 Å². The van der Waals surface area contributed by atoms with Crippen LogP contribution in [0.3, 0.4) is 0 Å². The fourth-order valence-corrected chi connectivity index (χ4v) is 3.20. The molecule has 0 bridgehead atoms. The van der Waals surface area contributed by atoms with Crippen molar-refractivity contribution in [3.05, 3.63) is 34.9 Å². The van der Waals surface area contributed by atoms with Gasteiger partial charge >= 0.3 is 0 Å². The van der Waals surface area contributed by atoms with Crippen molar-refractivity contribution < 1.29 is 0 Å². The van der Waals surface area contributed by atoms with Crippen LogP contribution in [0.1, 0.15) is 45.1 Å². The van der Waals surface area contributed by atoms with Gasteiger partial charge in [-0.05, 0) is 49.4 Å². The Balaban J connectivity index is 1.99. The van der Waals surface area contributed by atoms with E-state index in [0.717, 1.165) is 18.0 Å². The Labute approximate surface area is 128 Å². The van der Waals surface area contributed by atoms with E-state index in [4.69, 9.17) is 17.3 Å². The lowest BCUT2D eigenvalue weighted by Crippen LogP contribution is -2.43. The Kier molecular flexibility index (Phi) is 5.88. The molecule has 1 aromatic carbocycles. The molecule has 2 atom stereocenters. The average Bonchev–Trinajstić information content (AvgIpc) is 2.41. The predicted octanol–water partition coefficient (Wildman–Crippen LogP) is 4.07. The second kappa shape index (κ2) is 7.44. The molecule has 0 aromatic heterocycles. The molecule has 1 aliphatic heterocycles. The second-order valence-electron chi connectivity index (χ2n) is 6.39. The molecular weight excluding hydrogens is 268 g/mol. The Morgan fingerprint density at radius 3 is 2.85 bits per heavy atom. The maximum atomic E-state index is 6.28. The smallest absolute Gasteiger partial charge is 0.0409 e. The number of nitrogens with zero attached hydrogens (tertiary/aromatic N) is 1. The highest BCUT2D eigenvalue weighted by atomic mass is 35.5. The minimum Gasteiger partial charge on any atom is -0.327 e. The number of halogens is 1. The standard InChI is InChI=1S/C17H27ClN2/c1-13(2)17(19)11-16-8-3-4-9-20(16)12-14-6-5-7-15(18)10-14/h5-7,10,13,16-17H,3-4,8-9,11-12,19H2,1-2H3. The predicted molar refractivity (Wildman–Crippen MR) is 86.9 cm³/mol. The van der Waals surface area contributed by atoms with Crippen LogP contribution in [0.4, 0.5) is 0 Å². The average molecular weight is 295 g/mol. The van der Waals surface area contributed by atoms with Crippen molar-refractivity contribution in [2.75, 3.05) is 6.54 Å². The van der Waals surface area contributed by atoms with Crippen molar-refractivity contribution in [1.82, 2.24) is 4.90 Å². The first-order valence-electron chi connectivity index (χ1n) is 7.80. The maximum Gasteiger partial charge on any atom is 0.0409 e. The number of hydrogen-bond acceptors (Lipinski definition) is 2. The van der Waals surface area contributed by atoms with E-state index >= 15 is 0 Å². The topological polar surface area (TPSA) is 29.3 Å². The fourth-order valence-electron chi connectivity index (χ4n) is 2.99. The molecule has 1 fully saturated rings. The number of rotatable bonds is 5. The normalized spacial score (nSPS) is 22.1. The molecule has 2 nitrogen and oxygen atoms in total. The molecule has 3 heteroatoms. The monoisotopic (exact) mass is 294 g/mol. The van der Waals surface area contributed by atoms with Gasteiger partial charge in [0.15, 0.2) is 0 Å². The summed E-state index contributed by atoms with van der Waals surface area (Å²) in [7, 11) is 0. The summed E-state index contributed by atoms with van der Waals surface area (Å²) in [4.78, 5) is 2.59. The third-order valence-corrected chi connectivity index (χ3v) is 4.66. The Bertz CT molecular complexity index is 419. The summed E-state index contributed by atoms with van der Waals surface area (Å²) in [6.07, 6.45) is 5.02. The van der Waals surface area contributed by atoms with Crippen LogP contribution in [0.5, 0.6) is 0 Å². The number of piperidine rings is 1. The molecule has 0 spiro atoms. The van der Waals surface area contributed by atoms with Gasteiger partial charge in [0.2, 0.25) is 0 Å². The first-order valence-corrected chi connectivity index (χ1v) is 8.18. The molecular formula is C17H27ClN2. The summed E-state index contributed by atoms with van der Waals surface area (Å²) >= 11 is 6.09. The Morgan fingerprint density at radius 2 is 2.15 bits per heavy atom. The SMILES string of the molecule is CC(C)C(N)CC1CCCCN1Cc1cccc(Cl)c1. The van der Waals surface area contributed by atoms with Gasteiger partial charge in [-0.15, -0.1) is 0 Å². The first kappa shape index (κ1) is 15.8. The molecule has 20 heavy (non-hydrogen) atoms. The summed E-state index contributed by atoms with van der Waals surface area (Å²) in [6, 6.07) is 9.15. The van der Waals surface area contributed by atoms with Crippen LogP contribution in [0.15, 0.2) is 24.3 Å². The largest absolute Gasteiger partial charge is 0.327 e. The molecule has 0 radical (unpaired) electrons. The van der Waals surface area contributed by atoms with Crippen LogP contribution in [0, 0.1) is 5.92 Å². The van der Waals surface area contributed by atoms with Crippen LogP contribution < -0.4 is 5.73 Å². The molecule has 2 N–H and O–H groups in total. The summed E-state index contributed by atoms with van der Waals surface area (Å²) in [5.74, 6) is 0.560. The first-order chi connectivity index (χ1) is 9.56. The molecule has 0 aliphatic carbocycles. The van der Waals surface area contributed by atoms with Gasteiger partial charge in [0.25, 0.3) is 0 Å². The molecule has 1 heterocycles. The van der Waals surface area contributed by atoms with E-state index in [-0.39, 0.29) is 0 Å². The lowest BCUT2D eigenvalue weighted by atomic mass is 9.91. The van der Waals surface area contributed by atoms with Gasteiger partial charge in [-0.3, -0.25) is 4.90 Å². The second-order valence-corrected chi connectivity index (χ2v) is 6.83. The van der Waals surface area contributed by atoms with E-state index in [9.17, 15) is 0 Å². The molecule has 2 unspecified atom stereocenters. The molecule has 112 valence electrons. The lowest BCUT2D eigenvalue weighted by molar-refractivity contribution is 0.121. The number of likely N-dealkylation sites (tertiary alicyclic amines) is 1. The number of benzene rings is 1. The van der Waals surface area contributed by atoms with E-state index in [0.29, 0.717) is 18.0 Å². The maximum absolute atomic E-state index is 6.28. The minimum absolute atomic E-state index is 0.306. The van der Waals surface area contributed by atoms with E-state index in [1.165, 1.54) is 31.4 Å². The van der Waals surface area contributed by atoms with Crippen molar-refractivity contribution in [2.24, 2.45) is 11.7 Å². The van der Waals surface area contributed by atoms with Crippen LogP contribution in [-0.2, 0) is 6.54 Å². The van der Waals surface area contributed by atoms with E-state index < -0.39 is 0 Å². The highest BCUT2D eigenvalue weighted by molar-refractivity contribution is 6.30. The molecule has 2 rings (SSSR count). The van der Waals surface area contributed by atoms with Gasteiger partial charge in [-0.1, -0.05) is 44.0 Å². The highest BCUT2D eigenvalue weighted by Crippen LogP contribution is 2.24. The number of hydrogen-bond donors (Lipinski definition) is 1. The minimum atomic E-state index is 0.306. The molecule has 1 saturated heterocycles. The van der Waals surface area contributed by atoms with Crippen molar-refractivity contribution in [3.8, 4) is 0 Å². The van der Waals surface area contributed by atoms with Gasteiger partial charge in [-0.25, -0.2) is 0 Å². The quantitative estimate of drug-likeness (QED) is 0.887. The van der Waals surface area contributed by atoms with Crippen LogP contribution in [-0.4, -0.2) is 23.5 Å². The van der Waals surface area contributed by atoms with E-state index in [2.05, 4.69) is 30.9 Å². The van der Waals surface area contributed by atoms with Crippen molar-refractivity contribution >= 4 is 11.6 Å². The highest BCUT2D eigenvalue weighted by Gasteiger charge is 2.25. The zero-order chi connectivity index (χ0) is 14.5. The lowest BCUT2D eigenvalue weighted by Gasteiger charge is -2.37. The Morgan fingerprint density at radius 1 is 1.35 bits per heavy atom. The molecule has 0 saturated carbocycles. The zero-order valence-electron chi connectivity index (χ0n) is 12.7. The summed E-state index contributed by atoms with van der Waals surface area (Å²) in [5, 5.41) is 0.829. The third-order valence-electron chi connectivity index (χ3n) is 4.42. The van der Waals surface area contributed by atoms with Crippen LogP contribution in [0.2, 0.25) is 5.02 Å². The molecule has 0 amide bonds. The van der Waals surface area contributed by atoms with E-state index in [1.807, 2.05) is 12.1 Å². The van der Waals surface area contributed by atoms with Gasteiger partial charge in [-0.2, -0.15) is 0 Å². The molecule has 1 aliphatic rings. The molecule has 1 aromatic rings. The van der Waals surface area contributed by atoms with Gasteiger partial charge in [0.05, 0.1) is 0 Å². The fraction of sp³-hybridized carbons (Fsp3) is 0.647. The van der Waals surface area contributed by atoms with Crippen LogP contribution in [0.25, 0.3) is 0 Å². The van der Waals surface area contributed by atoms with Crippen molar-refractivity contribution in [3.63, 3.8) is 0 Å². The van der Waals surface area contributed by atoms with Crippen molar-refractivity contribution in [2.45, 2.75) is 58.2 Å². The Hall–Kier alpha value is -0.570. The van der Waals surface area contributed by atoms with Crippen molar-refractivity contribution in [1.29, 1.82) is 0 Å². The summed E-state index contributed by atoms with van der Waals surface area (Å²) < 4.78 is 0. The third kappa shape index (κ3) is 4.47. The van der Waals surface area contributed by atoms with Crippen LogP contribution >= 0.6 is 11.6 Å². The summed E-state index contributed by atoms with van der Waals surface area (Å²) in [6.45, 7) is 6.61.